The van der Waals surface area contributed by atoms with Crippen LogP contribution in [0.4, 0.5) is 5.69 Å². The first-order chi connectivity index (χ1) is 14.5. The highest BCUT2D eigenvalue weighted by Gasteiger charge is 2.15. The summed E-state index contributed by atoms with van der Waals surface area (Å²) in [5.74, 6) is -0.498. The molecule has 0 bridgehead atoms. The van der Waals surface area contributed by atoms with Gasteiger partial charge in [-0.25, -0.2) is 10.5 Å². The lowest BCUT2D eigenvalue weighted by Crippen LogP contribution is -2.25. The van der Waals surface area contributed by atoms with Crippen molar-refractivity contribution in [3.8, 4) is 17.0 Å². The molecule has 154 valence electrons. The maximum absolute atomic E-state index is 12.7. The van der Waals surface area contributed by atoms with Gasteiger partial charge in [-0.2, -0.15) is 0 Å². The molecule has 3 rings (SSSR count). The van der Waals surface area contributed by atoms with Crippen LogP contribution in [0.2, 0.25) is 0 Å². The Morgan fingerprint density at radius 1 is 1.07 bits per heavy atom. The van der Waals surface area contributed by atoms with Crippen molar-refractivity contribution < 1.29 is 19.5 Å². The number of benzene rings is 2. The third kappa shape index (κ3) is 5.05. The second-order valence-corrected chi connectivity index (χ2v) is 6.81. The van der Waals surface area contributed by atoms with Gasteiger partial charge in [0.15, 0.2) is 0 Å². The van der Waals surface area contributed by atoms with Crippen LogP contribution in [-0.4, -0.2) is 29.1 Å². The van der Waals surface area contributed by atoms with E-state index in [0.717, 1.165) is 16.7 Å². The lowest BCUT2D eigenvalue weighted by atomic mass is 10.0. The molecule has 0 aliphatic rings. The van der Waals surface area contributed by atoms with Crippen LogP contribution < -0.4 is 19.1 Å². The molecule has 0 spiro atoms. The van der Waals surface area contributed by atoms with Crippen molar-refractivity contribution in [2.75, 3.05) is 10.6 Å². The minimum absolute atomic E-state index is 0.173. The van der Waals surface area contributed by atoms with Crippen LogP contribution in [0.3, 0.4) is 0 Å². The summed E-state index contributed by atoms with van der Waals surface area (Å²) < 4.78 is 7.98. The normalized spacial score (nSPS) is 10.2. The third-order valence-corrected chi connectivity index (χ3v) is 4.97. The zero-order valence-electron chi connectivity index (χ0n) is 16.0. The number of nitrogens with one attached hydrogen (secondary N) is 3. The van der Waals surface area contributed by atoms with Crippen LogP contribution in [0.1, 0.15) is 26.3 Å². The largest absolute Gasteiger partial charge is 0.481 e. The van der Waals surface area contributed by atoms with Crippen LogP contribution in [0, 0.1) is 0 Å². The topological polar surface area (TPSA) is 113 Å². The Labute approximate surface area is 187 Å². The number of nitrogens with zero attached hydrogens (tertiary/aromatic N) is 1. The van der Waals surface area contributed by atoms with E-state index in [-0.39, 0.29) is 11.5 Å². The second kappa shape index (κ2) is 10.0. The van der Waals surface area contributed by atoms with E-state index >= 15 is 0 Å². The van der Waals surface area contributed by atoms with Gasteiger partial charge >= 0.3 is 0 Å². The molecule has 0 saturated heterocycles. The lowest BCUT2D eigenvalue weighted by Gasteiger charge is -2.11. The van der Waals surface area contributed by atoms with Crippen molar-refractivity contribution in [2.45, 2.75) is 6.54 Å². The molecule has 0 fully saturated rings. The monoisotopic (exact) mass is 518 g/mol. The number of hydrogen-bond donors (Lipinski definition) is 4. The molecular weight excluding hydrogens is 499 g/mol. The summed E-state index contributed by atoms with van der Waals surface area (Å²) in [4.78, 5) is 28.6. The van der Waals surface area contributed by atoms with Gasteiger partial charge in [0, 0.05) is 29.9 Å². The van der Waals surface area contributed by atoms with Crippen molar-refractivity contribution >= 4 is 40.4 Å². The maximum Gasteiger partial charge on any atom is 0.274 e. The van der Waals surface area contributed by atoms with Crippen molar-refractivity contribution in [3.05, 3.63) is 77.5 Å². The summed E-state index contributed by atoms with van der Waals surface area (Å²) >= 11 is 1.91. The Hall–Kier alpha value is -3.18. The number of ether oxygens (including phenoxy) is 1. The van der Waals surface area contributed by atoms with Gasteiger partial charge in [-0.1, -0.05) is 18.2 Å². The molecule has 0 atom stereocenters. The molecule has 2 aromatic carbocycles. The average molecular weight is 518 g/mol. The summed E-state index contributed by atoms with van der Waals surface area (Å²) in [6.45, 7) is 0.299. The molecule has 0 saturated carbocycles. The third-order valence-electron chi connectivity index (χ3n) is 4.39. The molecule has 0 unspecified atom stereocenters. The van der Waals surface area contributed by atoms with E-state index < -0.39 is 5.91 Å². The first kappa shape index (κ1) is 21.5. The number of methoxy groups -OCH3 is 1. The summed E-state index contributed by atoms with van der Waals surface area (Å²) in [6.07, 6.45) is 1.73. The molecule has 1 heterocycles. The Balaban J connectivity index is 1.75. The van der Waals surface area contributed by atoms with E-state index in [4.69, 9.17) is 9.94 Å². The fourth-order valence-electron chi connectivity index (χ4n) is 2.83. The SMILES string of the molecule is COc1ccc(-c2cccc(CNC(=O)c3cc(C(=O)NO)ccc3NI)c2)cn1. The number of aromatic nitrogens is 1. The average Bonchev–Trinajstić information content (AvgIpc) is 2.81. The predicted molar refractivity (Wildman–Crippen MR) is 121 cm³/mol. The second-order valence-electron chi connectivity index (χ2n) is 6.27. The fourth-order valence-corrected chi connectivity index (χ4v) is 3.30. The fraction of sp³-hybridized carbons (Fsp3) is 0.0952. The summed E-state index contributed by atoms with van der Waals surface area (Å²) in [5, 5.41) is 11.7. The molecule has 0 aliphatic carbocycles. The highest BCUT2D eigenvalue weighted by atomic mass is 127. The van der Waals surface area contributed by atoms with E-state index in [0.29, 0.717) is 23.7 Å². The van der Waals surface area contributed by atoms with Gasteiger partial charge in [-0.15, -0.1) is 0 Å². The Morgan fingerprint density at radius 3 is 2.57 bits per heavy atom. The molecule has 3 aromatic rings. The van der Waals surface area contributed by atoms with E-state index in [9.17, 15) is 9.59 Å². The van der Waals surface area contributed by atoms with Gasteiger partial charge in [-0.05, 0) is 41.5 Å². The van der Waals surface area contributed by atoms with Crippen LogP contribution in [0.25, 0.3) is 11.1 Å². The van der Waals surface area contributed by atoms with E-state index in [1.807, 2.05) is 53.2 Å². The van der Waals surface area contributed by atoms with Gasteiger partial charge in [-0.3, -0.25) is 14.8 Å². The number of hydrogen-bond acceptors (Lipinski definition) is 6. The van der Waals surface area contributed by atoms with Crippen molar-refractivity contribution in [1.82, 2.24) is 15.8 Å². The number of hydroxylamine groups is 1. The molecule has 8 nitrogen and oxygen atoms in total. The summed E-state index contributed by atoms with van der Waals surface area (Å²) in [6, 6.07) is 16.0. The maximum atomic E-state index is 12.7. The lowest BCUT2D eigenvalue weighted by molar-refractivity contribution is 0.0706. The molecule has 0 aliphatic heterocycles. The van der Waals surface area contributed by atoms with Gasteiger partial charge in [0.25, 0.3) is 11.8 Å². The molecule has 0 radical (unpaired) electrons. The van der Waals surface area contributed by atoms with Crippen LogP contribution in [0.15, 0.2) is 60.8 Å². The van der Waals surface area contributed by atoms with Gasteiger partial charge in [0.2, 0.25) is 5.88 Å². The van der Waals surface area contributed by atoms with Crippen LogP contribution >= 0.6 is 22.9 Å². The quantitative estimate of drug-likeness (QED) is 0.165. The number of amides is 2. The molecule has 1 aromatic heterocycles. The minimum Gasteiger partial charge on any atom is -0.481 e. The minimum atomic E-state index is -0.690. The first-order valence-corrected chi connectivity index (χ1v) is 9.96. The van der Waals surface area contributed by atoms with E-state index in [1.54, 1.807) is 30.9 Å². The Bertz CT molecular complexity index is 1060. The van der Waals surface area contributed by atoms with Crippen LogP contribution in [-0.2, 0) is 6.54 Å². The van der Waals surface area contributed by atoms with Crippen molar-refractivity contribution in [3.63, 3.8) is 0 Å². The summed E-state index contributed by atoms with van der Waals surface area (Å²) in [5.41, 5.74) is 5.39. The first-order valence-electron chi connectivity index (χ1n) is 8.88. The number of carbonyl (C=O) groups is 2. The van der Waals surface area contributed by atoms with Gasteiger partial charge in [0.1, 0.15) is 0 Å². The van der Waals surface area contributed by atoms with Crippen molar-refractivity contribution in [1.29, 1.82) is 0 Å². The smallest absolute Gasteiger partial charge is 0.274 e. The zero-order chi connectivity index (χ0) is 21.5. The molecule has 2 amide bonds. The van der Waals surface area contributed by atoms with E-state index in [1.165, 1.54) is 12.1 Å². The van der Waals surface area contributed by atoms with Crippen LogP contribution in [0.5, 0.6) is 5.88 Å². The Morgan fingerprint density at radius 2 is 1.90 bits per heavy atom. The standard InChI is InChI=1S/C21H19IN4O4/c1-30-19-8-6-16(12-23-19)14-4-2-3-13(9-14)11-24-21(28)17-10-15(20(27)26-29)5-7-18(17)25-22/h2-10,12,25,29H,11H2,1H3,(H,24,28)(H,26,27). The highest BCUT2D eigenvalue weighted by Crippen LogP contribution is 2.22. The number of carbonyl (C=O) groups excluding carboxylic acids is 2. The zero-order valence-corrected chi connectivity index (χ0v) is 18.1. The highest BCUT2D eigenvalue weighted by molar-refractivity contribution is 14.1. The number of anilines is 1. The van der Waals surface area contributed by atoms with Gasteiger partial charge < -0.3 is 13.6 Å². The molecule has 9 heteroatoms. The molecular formula is C21H19IN4O4. The van der Waals surface area contributed by atoms with Crippen molar-refractivity contribution in [2.24, 2.45) is 0 Å². The molecule has 30 heavy (non-hydrogen) atoms. The number of rotatable bonds is 7. The predicted octanol–water partition coefficient (Wildman–Crippen LogP) is 3.57. The molecule has 4 N–H and O–H groups in total. The number of halogens is 1. The van der Waals surface area contributed by atoms with E-state index in [2.05, 4.69) is 13.8 Å². The Kier molecular flexibility index (Phi) is 7.20. The number of pyridine rings is 1. The van der Waals surface area contributed by atoms with Gasteiger partial charge in [0.05, 0.1) is 41.2 Å². The summed E-state index contributed by atoms with van der Waals surface area (Å²) in [7, 11) is 1.57.